The fourth-order valence-electron chi connectivity index (χ4n) is 2.23. The van der Waals surface area contributed by atoms with Crippen LogP contribution in [0.15, 0.2) is 40.8 Å². The van der Waals surface area contributed by atoms with Crippen LogP contribution in [-0.4, -0.2) is 37.5 Å². The SMILES string of the molecule is CC1=CCN(S(=O)(=O)c2ccc(CCCO)cc2)CC1. The van der Waals surface area contributed by atoms with Crippen LogP contribution in [0, 0.1) is 0 Å². The minimum absolute atomic E-state index is 0.152. The van der Waals surface area contributed by atoms with Gasteiger partial charge in [0.1, 0.15) is 0 Å². The van der Waals surface area contributed by atoms with Gasteiger partial charge in [0.15, 0.2) is 0 Å². The molecular formula is C15H21NO3S. The van der Waals surface area contributed by atoms with Crippen LogP contribution in [0.4, 0.5) is 0 Å². The van der Waals surface area contributed by atoms with Crippen molar-refractivity contribution >= 4 is 10.0 Å². The van der Waals surface area contributed by atoms with Crippen molar-refractivity contribution < 1.29 is 13.5 Å². The van der Waals surface area contributed by atoms with Gasteiger partial charge in [-0.15, -0.1) is 0 Å². The maximum atomic E-state index is 12.5. The monoisotopic (exact) mass is 295 g/mol. The van der Waals surface area contributed by atoms with Crippen LogP contribution in [-0.2, 0) is 16.4 Å². The second kappa shape index (κ2) is 6.52. The molecule has 0 radical (unpaired) electrons. The Hall–Kier alpha value is -1.17. The van der Waals surface area contributed by atoms with Crippen molar-refractivity contribution in [3.8, 4) is 0 Å². The molecule has 0 fully saturated rings. The molecule has 0 aromatic heterocycles. The van der Waals surface area contributed by atoms with Gasteiger partial charge in [0, 0.05) is 19.7 Å². The first-order valence-corrected chi connectivity index (χ1v) is 8.33. The van der Waals surface area contributed by atoms with Crippen molar-refractivity contribution in [2.75, 3.05) is 19.7 Å². The molecule has 0 saturated heterocycles. The lowest BCUT2D eigenvalue weighted by molar-refractivity contribution is 0.288. The number of aryl methyl sites for hydroxylation is 1. The van der Waals surface area contributed by atoms with Crippen LogP contribution < -0.4 is 0 Å². The molecule has 1 aliphatic heterocycles. The van der Waals surface area contributed by atoms with E-state index in [2.05, 4.69) is 0 Å². The van der Waals surface area contributed by atoms with Crippen LogP contribution in [0.3, 0.4) is 0 Å². The van der Waals surface area contributed by atoms with Crippen LogP contribution in [0.2, 0.25) is 0 Å². The lowest BCUT2D eigenvalue weighted by Crippen LogP contribution is -2.34. The molecule has 0 atom stereocenters. The molecule has 0 spiro atoms. The molecule has 110 valence electrons. The minimum Gasteiger partial charge on any atom is -0.396 e. The standard InChI is InChI=1S/C15H21NO3S/c1-13-8-10-16(11-9-13)20(18,19)15-6-4-14(5-7-15)3-2-12-17/h4-8,17H,2-3,9-12H2,1H3. The maximum absolute atomic E-state index is 12.5. The van der Waals surface area contributed by atoms with Gasteiger partial charge in [-0.2, -0.15) is 4.31 Å². The molecule has 1 heterocycles. The Morgan fingerprint density at radius 2 is 1.95 bits per heavy atom. The Morgan fingerprint density at radius 1 is 1.25 bits per heavy atom. The van der Waals surface area contributed by atoms with Crippen LogP contribution >= 0.6 is 0 Å². The molecule has 1 N–H and O–H groups in total. The number of rotatable bonds is 5. The average molecular weight is 295 g/mol. The van der Waals surface area contributed by atoms with Crippen molar-refractivity contribution in [1.29, 1.82) is 0 Å². The van der Waals surface area contributed by atoms with Crippen molar-refractivity contribution in [1.82, 2.24) is 4.31 Å². The third kappa shape index (κ3) is 3.48. The van der Waals surface area contributed by atoms with Gasteiger partial charge >= 0.3 is 0 Å². The van der Waals surface area contributed by atoms with E-state index in [9.17, 15) is 8.42 Å². The topological polar surface area (TPSA) is 57.6 Å². The minimum atomic E-state index is -3.38. The summed E-state index contributed by atoms with van der Waals surface area (Å²) in [6.45, 7) is 3.19. The van der Waals surface area contributed by atoms with E-state index in [-0.39, 0.29) is 6.61 Å². The second-order valence-corrected chi connectivity index (χ2v) is 7.07. The number of aliphatic hydroxyl groups is 1. The first-order valence-electron chi connectivity index (χ1n) is 6.89. The summed E-state index contributed by atoms with van der Waals surface area (Å²) in [6.07, 6.45) is 4.23. The van der Waals surface area contributed by atoms with E-state index < -0.39 is 10.0 Å². The lowest BCUT2D eigenvalue weighted by atomic mass is 10.1. The van der Waals surface area contributed by atoms with E-state index in [0.717, 1.165) is 18.4 Å². The zero-order chi connectivity index (χ0) is 14.6. The number of benzene rings is 1. The number of hydrogen-bond acceptors (Lipinski definition) is 3. The van der Waals surface area contributed by atoms with Gasteiger partial charge in [-0.3, -0.25) is 0 Å². The Labute approximate surface area is 120 Å². The molecule has 0 bridgehead atoms. The number of aliphatic hydroxyl groups excluding tert-OH is 1. The smallest absolute Gasteiger partial charge is 0.243 e. The Bertz CT molecular complexity index is 576. The van der Waals surface area contributed by atoms with Crippen LogP contribution in [0.1, 0.15) is 25.3 Å². The quantitative estimate of drug-likeness (QED) is 0.845. The van der Waals surface area contributed by atoms with E-state index >= 15 is 0 Å². The highest BCUT2D eigenvalue weighted by atomic mass is 32.2. The van der Waals surface area contributed by atoms with Gasteiger partial charge in [-0.05, 0) is 43.9 Å². The molecule has 1 aliphatic rings. The van der Waals surface area contributed by atoms with Gasteiger partial charge in [0.05, 0.1) is 4.90 Å². The fraction of sp³-hybridized carbons (Fsp3) is 0.467. The molecule has 0 amide bonds. The number of hydrogen-bond donors (Lipinski definition) is 1. The second-order valence-electron chi connectivity index (χ2n) is 5.13. The summed E-state index contributed by atoms with van der Waals surface area (Å²) in [5.41, 5.74) is 2.29. The normalized spacial score (nSPS) is 17.0. The zero-order valence-corrected chi connectivity index (χ0v) is 12.6. The van der Waals surface area contributed by atoms with Crippen molar-refractivity contribution in [2.45, 2.75) is 31.1 Å². The highest BCUT2D eigenvalue weighted by Crippen LogP contribution is 2.20. The summed E-state index contributed by atoms with van der Waals surface area (Å²) in [4.78, 5) is 0.346. The molecule has 5 heteroatoms. The first kappa shape index (κ1) is 15.2. The zero-order valence-electron chi connectivity index (χ0n) is 11.7. The van der Waals surface area contributed by atoms with Crippen molar-refractivity contribution in [2.24, 2.45) is 0 Å². The third-order valence-electron chi connectivity index (χ3n) is 3.58. The van der Waals surface area contributed by atoms with Crippen molar-refractivity contribution in [3.63, 3.8) is 0 Å². The summed E-state index contributed by atoms with van der Waals surface area (Å²) in [7, 11) is -3.38. The molecule has 0 saturated carbocycles. The molecule has 0 aliphatic carbocycles. The Morgan fingerprint density at radius 3 is 2.50 bits per heavy atom. The van der Waals surface area contributed by atoms with E-state index in [4.69, 9.17) is 5.11 Å². The summed E-state index contributed by atoms with van der Waals surface area (Å²) >= 11 is 0. The first-order chi connectivity index (χ1) is 9.54. The van der Waals surface area contributed by atoms with Crippen molar-refractivity contribution in [3.05, 3.63) is 41.5 Å². The molecule has 20 heavy (non-hydrogen) atoms. The van der Waals surface area contributed by atoms with E-state index in [0.29, 0.717) is 24.4 Å². The van der Waals surface area contributed by atoms with Gasteiger partial charge in [0.25, 0.3) is 0 Å². The van der Waals surface area contributed by atoms with E-state index in [1.807, 2.05) is 25.1 Å². The maximum Gasteiger partial charge on any atom is 0.243 e. The predicted molar refractivity (Wildman–Crippen MR) is 79.0 cm³/mol. The fourth-order valence-corrected chi connectivity index (χ4v) is 3.61. The van der Waals surface area contributed by atoms with E-state index in [1.54, 1.807) is 12.1 Å². The van der Waals surface area contributed by atoms with E-state index in [1.165, 1.54) is 9.88 Å². The predicted octanol–water partition coefficient (Wildman–Crippen LogP) is 1.95. The Balaban J connectivity index is 2.13. The molecular weight excluding hydrogens is 274 g/mol. The van der Waals surface area contributed by atoms with Crippen LogP contribution in [0.25, 0.3) is 0 Å². The molecule has 4 nitrogen and oxygen atoms in total. The molecule has 1 aromatic rings. The van der Waals surface area contributed by atoms with Gasteiger partial charge in [0.2, 0.25) is 10.0 Å². The molecule has 2 rings (SSSR count). The third-order valence-corrected chi connectivity index (χ3v) is 5.46. The van der Waals surface area contributed by atoms with Gasteiger partial charge in [-0.1, -0.05) is 23.8 Å². The number of sulfonamides is 1. The highest BCUT2D eigenvalue weighted by molar-refractivity contribution is 7.89. The van der Waals surface area contributed by atoms with Gasteiger partial charge < -0.3 is 5.11 Å². The summed E-state index contributed by atoms with van der Waals surface area (Å²) in [5.74, 6) is 0. The summed E-state index contributed by atoms with van der Waals surface area (Å²) < 4.78 is 26.5. The largest absolute Gasteiger partial charge is 0.396 e. The molecule has 1 aromatic carbocycles. The highest BCUT2D eigenvalue weighted by Gasteiger charge is 2.25. The average Bonchev–Trinajstić information content (AvgIpc) is 2.46. The summed E-state index contributed by atoms with van der Waals surface area (Å²) in [6, 6.07) is 6.97. The number of nitrogens with zero attached hydrogens (tertiary/aromatic N) is 1. The Kier molecular flexibility index (Phi) is 4.96. The molecule has 0 unspecified atom stereocenters. The summed E-state index contributed by atoms with van der Waals surface area (Å²) in [5, 5.41) is 8.79. The lowest BCUT2D eigenvalue weighted by Gasteiger charge is -2.24. The van der Waals surface area contributed by atoms with Gasteiger partial charge in [-0.25, -0.2) is 8.42 Å². The van der Waals surface area contributed by atoms with Crippen LogP contribution in [0.5, 0.6) is 0 Å².